The van der Waals surface area contributed by atoms with Crippen molar-refractivity contribution in [1.29, 1.82) is 5.26 Å². The second-order valence-electron chi connectivity index (χ2n) is 9.91. The van der Waals surface area contributed by atoms with Crippen LogP contribution in [0.1, 0.15) is 41.1 Å². The monoisotopic (exact) mass is 469 g/mol. The van der Waals surface area contributed by atoms with Crippen molar-refractivity contribution in [2.75, 3.05) is 11.4 Å². The van der Waals surface area contributed by atoms with Crippen LogP contribution in [0.5, 0.6) is 0 Å². The maximum absolute atomic E-state index is 13.1. The minimum atomic E-state index is -0.457. The molecule has 0 unspecified atom stereocenters. The number of aryl methyl sites for hydroxylation is 3. The van der Waals surface area contributed by atoms with Gasteiger partial charge in [0.15, 0.2) is 0 Å². The van der Waals surface area contributed by atoms with E-state index in [1.54, 1.807) is 4.40 Å². The second kappa shape index (κ2) is 7.50. The lowest BCUT2D eigenvalue weighted by atomic mass is 10.0. The van der Waals surface area contributed by atoms with Gasteiger partial charge in [0.25, 0.3) is 5.78 Å². The van der Waals surface area contributed by atoms with Gasteiger partial charge in [-0.1, -0.05) is 0 Å². The Balaban J connectivity index is 1.37. The molecule has 4 aromatic heterocycles. The van der Waals surface area contributed by atoms with E-state index in [0.717, 1.165) is 65.5 Å². The number of anilines is 1. The second-order valence-corrected chi connectivity index (χ2v) is 9.91. The van der Waals surface area contributed by atoms with Gasteiger partial charge in [-0.25, -0.2) is 13.9 Å². The molecule has 0 atom stereocenters. The Hall–Kier alpha value is -4.00. The standard InChI is InChI=1S/C25H27N9O/c1-15-9-21(31(4)29-15)18-10-19-12-32(8-5-20(19)27-11-18)22-16(2)17(3)34-23(28-22)30-33(24(34)35)14-25(13-26)6-7-25/h9-11H,5-8,12,14H2,1-4H3. The molecule has 10 nitrogen and oxygen atoms in total. The predicted octanol–water partition coefficient (Wildman–Crippen LogP) is 2.48. The molecule has 2 aliphatic rings. The zero-order valence-corrected chi connectivity index (χ0v) is 20.4. The molecule has 1 saturated carbocycles. The normalized spacial score (nSPS) is 16.4. The minimum Gasteiger partial charge on any atom is -0.351 e. The summed E-state index contributed by atoms with van der Waals surface area (Å²) in [7, 11) is 1.95. The SMILES string of the molecule is Cc1cc(-c2cnc3c(c2)CN(c2nc4nn(CC5(C#N)CC5)c(=O)n4c(C)c2C)CC3)n(C)n1. The molecule has 0 saturated heterocycles. The van der Waals surface area contributed by atoms with E-state index in [1.165, 1.54) is 10.2 Å². The van der Waals surface area contributed by atoms with Crippen LogP contribution in [0.4, 0.5) is 5.82 Å². The molecule has 0 amide bonds. The molecule has 1 aliphatic carbocycles. The zero-order chi connectivity index (χ0) is 24.5. The minimum absolute atomic E-state index is 0.231. The van der Waals surface area contributed by atoms with Crippen LogP contribution >= 0.6 is 0 Å². The van der Waals surface area contributed by atoms with E-state index >= 15 is 0 Å². The van der Waals surface area contributed by atoms with E-state index in [2.05, 4.69) is 33.3 Å². The van der Waals surface area contributed by atoms with E-state index in [-0.39, 0.29) is 5.69 Å². The highest BCUT2D eigenvalue weighted by atomic mass is 16.2. The fourth-order valence-corrected chi connectivity index (χ4v) is 5.05. The number of pyridine rings is 1. The van der Waals surface area contributed by atoms with E-state index < -0.39 is 5.41 Å². The topological polar surface area (TPSA) is 110 Å². The van der Waals surface area contributed by atoms with Crippen LogP contribution in [0.15, 0.2) is 23.1 Å². The molecule has 1 aliphatic heterocycles. The van der Waals surface area contributed by atoms with Gasteiger partial charge in [-0.2, -0.15) is 15.3 Å². The first-order valence-electron chi connectivity index (χ1n) is 11.9. The highest BCUT2D eigenvalue weighted by Gasteiger charge is 2.44. The Labute approximate surface area is 202 Å². The molecule has 10 heteroatoms. The maximum atomic E-state index is 13.1. The van der Waals surface area contributed by atoms with Gasteiger partial charge in [0.1, 0.15) is 5.82 Å². The number of nitrogens with zero attached hydrogens (tertiary/aromatic N) is 9. The van der Waals surface area contributed by atoms with Gasteiger partial charge in [0, 0.05) is 55.3 Å². The third-order valence-electron chi connectivity index (χ3n) is 7.42. The molecular formula is C25H27N9O. The summed E-state index contributed by atoms with van der Waals surface area (Å²) in [6, 6.07) is 6.61. The number of hydrogen-bond acceptors (Lipinski definition) is 7. The Kier molecular flexibility index (Phi) is 4.61. The molecule has 4 aromatic rings. The van der Waals surface area contributed by atoms with E-state index in [0.29, 0.717) is 18.9 Å². The highest BCUT2D eigenvalue weighted by molar-refractivity contribution is 5.62. The van der Waals surface area contributed by atoms with Crippen LogP contribution in [0.2, 0.25) is 0 Å². The molecule has 5 heterocycles. The van der Waals surface area contributed by atoms with Crippen molar-refractivity contribution < 1.29 is 0 Å². The van der Waals surface area contributed by atoms with E-state index in [9.17, 15) is 10.1 Å². The first kappa shape index (κ1) is 21.5. The van der Waals surface area contributed by atoms with Crippen molar-refractivity contribution in [1.82, 2.24) is 33.9 Å². The molecule has 0 aromatic carbocycles. The lowest BCUT2D eigenvalue weighted by molar-refractivity contribution is 0.472. The summed E-state index contributed by atoms with van der Waals surface area (Å²) in [5.41, 5.74) is 6.42. The number of fused-ring (bicyclic) bond motifs is 2. The fourth-order valence-electron chi connectivity index (χ4n) is 5.05. The molecule has 6 rings (SSSR count). The number of nitriles is 1. The number of rotatable bonds is 4. The van der Waals surface area contributed by atoms with Gasteiger partial charge in [0.2, 0.25) is 0 Å². The summed E-state index contributed by atoms with van der Waals surface area (Å²) in [6.07, 6.45) is 4.36. The van der Waals surface area contributed by atoms with Crippen LogP contribution in [-0.2, 0) is 26.6 Å². The first-order valence-corrected chi connectivity index (χ1v) is 11.9. The molecule has 0 radical (unpaired) electrons. The van der Waals surface area contributed by atoms with Gasteiger partial charge in [-0.3, -0.25) is 9.67 Å². The summed E-state index contributed by atoms with van der Waals surface area (Å²) in [5, 5.41) is 18.4. The molecule has 0 bridgehead atoms. The lowest BCUT2D eigenvalue weighted by Gasteiger charge is -2.31. The molecular weight excluding hydrogens is 442 g/mol. The van der Waals surface area contributed by atoms with Gasteiger partial charge >= 0.3 is 5.69 Å². The Morgan fingerprint density at radius 3 is 2.66 bits per heavy atom. The highest BCUT2D eigenvalue weighted by Crippen LogP contribution is 2.46. The van der Waals surface area contributed by atoms with Crippen molar-refractivity contribution in [3.8, 4) is 17.3 Å². The fraction of sp³-hybridized carbons (Fsp3) is 0.440. The van der Waals surface area contributed by atoms with E-state index in [1.807, 2.05) is 38.7 Å². The van der Waals surface area contributed by atoms with Crippen molar-refractivity contribution >= 4 is 11.6 Å². The Morgan fingerprint density at radius 2 is 1.97 bits per heavy atom. The largest absolute Gasteiger partial charge is 0.351 e. The summed E-state index contributed by atoms with van der Waals surface area (Å²) >= 11 is 0. The Morgan fingerprint density at radius 1 is 1.17 bits per heavy atom. The first-order chi connectivity index (χ1) is 16.8. The predicted molar refractivity (Wildman–Crippen MR) is 130 cm³/mol. The van der Waals surface area contributed by atoms with Gasteiger partial charge in [-0.05, 0) is 51.3 Å². The smallest absolute Gasteiger partial charge is 0.351 e. The Bertz CT molecular complexity index is 1600. The number of aromatic nitrogens is 7. The summed E-state index contributed by atoms with van der Waals surface area (Å²) < 4.78 is 4.86. The third-order valence-corrected chi connectivity index (χ3v) is 7.42. The van der Waals surface area contributed by atoms with Crippen LogP contribution < -0.4 is 10.6 Å². The number of hydrogen-bond donors (Lipinski definition) is 0. The quantitative estimate of drug-likeness (QED) is 0.452. The van der Waals surface area contributed by atoms with Crippen molar-refractivity contribution in [3.63, 3.8) is 0 Å². The van der Waals surface area contributed by atoms with E-state index in [4.69, 9.17) is 9.97 Å². The van der Waals surface area contributed by atoms with Gasteiger partial charge in [-0.15, -0.1) is 5.10 Å². The van der Waals surface area contributed by atoms with Crippen LogP contribution in [0.25, 0.3) is 17.0 Å². The lowest BCUT2D eigenvalue weighted by Crippen LogP contribution is -2.33. The van der Waals surface area contributed by atoms with Crippen molar-refractivity contribution in [2.24, 2.45) is 12.5 Å². The third kappa shape index (κ3) is 3.41. The maximum Gasteiger partial charge on any atom is 0.351 e. The van der Waals surface area contributed by atoms with Gasteiger partial charge in [0.05, 0.1) is 29.4 Å². The molecule has 35 heavy (non-hydrogen) atoms. The summed E-state index contributed by atoms with van der Waals surface area (Å²) in [5.74, 6) is 1.21. The average molecular weight is 470 g/mol. The summed E-state index contributed by atoms with van der Waals surface area (Å²) in [4.78, 5) is 24.9. The van der Waals surface area contributed by atoms with Crippen LogP contribution in [0.3, 0.4) is 0 Å². The summed E-state index contributed by atoms with van der Waals surface area (Å²) in [6.45, 7) is 7.70. The van der Waals surface area contributed by atoms with Crippen molar-refractivity contribution in [3.05, 3.63) is 57.0 Å². The molecule has 178 valence electrons. The van der Waals surface area contributed by atoms with Gasteiger partial charge < -0.3 is 4.90 Å². The molecule has 0 N–H and O–H groups in total. The molecule has 1 fully saturated rings. The average Bonchev–Trinajstić information content (AvgIpc) is 3.44. The van der Waals surface area contributed by atoms with Crippen LogP contribution in [0, 0.1) is 37.5 Å². The van der Waals surface area contributed by atoms with Crippen LogP contribution in [-0.4, -0.2) is 40.5 Å². The zero-order valence-electron chi connectivity index (χ0n) is 20.4. The van der Waals surface area contributed by atoms with Crippen molar-refractivity contribution in [2.45, 2.75) is 53.1 Å². The molecule has 0 spiro atoms.